The fourth-order valence-corrected chi connectivity index (χ4v) is 2.96. The van der Waals surface area contributed by atoms with Crippen LogP contribution in [0.25, 0.3) is 0 Å². The molecule has 0 saturated carbocycles. The van der Waals surface area contributed by atoms with Gasteiger partial charge in [-0.15, -0.1) is 0 Å². The van der Waals surface area contributed by atoms with Gasteiger partial charge in [-0.1, -0.05) is 32.9 Å². The van der Waals surface area contributed by atoms with Gasteiger partial charge < -0.3 is 19.5 Å². The Hall–Kier alpha value is -3.55. The van der Waals surface area contributed by atoms with Crippen LogP contribution in [0.1, 0.15) is 43.1 Å². The molecule has 0 aromatic heterocycles. The summed E-state index contributed by atoms with van der Waals surface area (Å²) in [5, 5.41) is 6.81. The summed E-state index contributed by atoms with van der Waals surface area (Å²) in [7, 11) is 0. The minimum Gasteiger partial charge on any atom is -0.493 e. The van der Waals surface area contributed by atoms with Gasteiger partial charge >= 0.3 is 0 Å². The Balaban J connectivity index is 1.63. The lowest BCUT2D eigenvalue weighted by Crippen LogP contribution is -2.48. The molecule has 164 valence electrons. The molecule has 0 saturated heterocycles. The first kappa shape index (κ1) is 22.1. The van der Waals surface area contributed by atoms with Crippen LogP contribution in [0.5, 0.6) is 17.2 Å². The number of nitrogens with one attached hydrogen (secondary N) is 2. The van der Waals surface area contributed by atoms with E-state index in [0.717, 1.165) is 12.0 Å². The number of hydrogen-bond acceptors (Lipinski definition) is 6. The molecule has 0 fully saturated rings. The van der Waals surface area contributed by atoms with E-state index >= 15 is 0 Å². The first-order valence-electron chi connectivity index (χ1n) is 10.2. The van der Waals surface area contributed by atoms with E-state index in [1.165, 1.54) is 6.21 Å². The van der Waals surface area contributed by atoms with E-state index in [4.69, 9.17) is 14.2 Å². The summed E-state index contributed by atoms with van der Waals surface area (Å²) in [6, 6.07) is 11.6. The van der Waals surface area contributed by atoms with Gasteiger partial charge in [0.05, 0.1) is 12.8 Å². The van der Waals surface area contributed by atoms with Crippen molar-refractivity contribution in [2.45, 2.75) is 33.2 Å². The van der Waals surface area contributed by atoms with Gasteiger partial charge in [0.25, 0.3) is 11.8 Å². The maximum absolute atomic E-state index is 12.7. The predicted octanol–water partition coefficient (Wildman–Crippen LogP) is 3.11. The number of amides is 2. The molecule has 8 nitrogen and oxygen atoms in total. The number of carbonyl (C=O) groups is 2. The lowest BCUT2D eigenvalue weighted by molar-refractivity contribution is -0.123. The summed E-state index contributed by atoms with van der Waals surface area (Å²) in [5.41, 5.74) is 3.64. The lowest BCUT2D eigenvalue weighted by Gasteiger charge is -2.20. The Morgan fingerprint density at radius 2 is 1.94 bits per heavy atom. The third-order valence-corrected chi connectivity index (χ3v) is 4.63. The van der Waals surface area contributed by atoms with Gasteiger partial charge in [-0.25, -0.2) is 5.43 Å². The van der Waals surface area contributed by atoms with Crippen molar-refractivity contribution in [3.63, 3.8) is 0 Å². The minimum atomic E-state index is -0.762. The molecule has 8 heteroatoms. The molecule has 3 rings (SSSR count). The number of ether oxygens (including phenoxy) is 3. The monoisotopic (exact) mass is 425 g/mol. The molecule has 0 spiro atoms. The normalized spacial score (nSPS) is 13.3. The van der Waals surface area contributed by atoms with Crippen molar-refractivity contribution in [3.05, 3.63) is 53.6 Å². The molecule has 1 atom stereocenters. The van der Waals surface area contributed by atoms with Gasteiger partial charge in [-0.3, -0.25) is 9.59 Å². The summed E-state index contributed by atoms with van der Waals surface area (Å²) in [5.74, 6) is 0.855. The fourth-order valence-electron chi connectivity index (χ4n) is 2.96. The fraction of sp³-hybridized carbons (Fsp3) is 0.348. The van der Waals surface area contributed by atoms with E-state index in [-0.39, 0.29) is 18.6 Å². The summed E-state index contributed by atoms with van der Waals surface area (Å²) >= 11 is 0. The molecule has 2 aromatic carbocycles. The highest BCUT2D eigenvalue weighted by Crippen LogP contribution is 2.32. The molecule has 31 heavy (non-hydrogen) atoms. The first-order chi connectivity index (χ1) is 15.0. The molecule has 2 aromatic rings. The SMILES string of the molecule is CCCOc1ccccc1C=NNC(=O)C(NC(=O)c1ccc2c(c1)OCO2)C(C)C. The van der Waals surface area contributed by atoms with E-state index in [1.54, 1.807) is 18.2 Å². The average molecular weight is 425 g/mol. The smallest absolute Gasteiger partial charge is 0.262 e. The van der Waals surface area contributed by atoms with Crippen molar-refractivity contribution in [1.29, 1.82) is 0 Å². The Bertz CT molecular complexity index is 958. The van der Waals surface area contributed by atoms with E-state index in [9.17, 15) is 9.59 Å². The van der Waals surface area contributed by atoms with Gasteiger partial charge in [0, 0.05) is 11.1 Å². The molecular formula is C23H27N3O5. The maximum Gasteiger partial charge on any atom is 0.262 e. The van der Waals surface area contributed by atoms with E-state index < -0.39 is 11.9 Å². The van der Waals surface area contributed by atoms with Gasteiger partial charge in [0.2, 0.25) is 6.79 Å². The summed E-state index contributed by atoms with van der Waals surface area (Å²) in [6.45, 7) is 6.45. The molecule has 1 unspecified atom stereocenters. The quantitative estimate of drug-likeness (QED) is 0.475. The Labute approximate surface area is 181 Å². The number of nitrogens with zero attached hydrogens (tertiary/aromatic N) is 1. The largest absolute Gasteiger partial charge is 0.493 e. The second kappa shape index (κ2) is 10.5. The molecule has 1 heterocycles. The van der Waals surface area contributed by atoms with Crippen molar-refractivity contribution in [3.8, 4) is 17.2 Å². The summed E-state index contributed by atoms with van der Waals surface area (Å²) in [6.07, 6.45) is 2.42. The third kappa shape index (κ3) is 5.75. The van der Waals surface area contributed by atoms with Crippen LogP contribution < -0.4 is 25.0 Å². The number of para-hydroxylation sites is 1. The summed E-state index contributed by atoms with van der Waals surface area (Å²) in [4.78, 5) is 25.3. The minimum absolute atomic E-state index is 0.127. The van der Waals surface area contributed by atoms with Crippen molar-refractivity contribution < 1.29 is 23.8 Å². The number of benzene rings is 2. The zero-order valence-electron chi connectivity index (χ0n) is 17.9. The van der Waals surface area contributed by atoms with Crippen LogP contribution >= 0.6 is 0 Å². The molecule has 2 N–H and O–H groups in total. The van der Waals surface area contributed by atoms with Gasteiger partial charge in [0.15, 0.2) is 11.5 Å². The number of hydrogen-bond donors (Lipinski definition) is 2. The number of rotatable bonds is 9. The maximum atomic E-state index is 12.7. The number of carbonyl (C=O) groups excluding carboxylic acids is 2. The molecule has 0 aliphatic carbocycles. The lowest BCUT2D eigenvalue weighted by atomic mass is 10.0. The van der Waals surface area contributed by atoms with Gasteiger partial charge in [-0.2, -0.15) is 5.10 Å². The summed E-state index contributed by atoms with van der Waals surface area (Å²) < 4.78 is 16.2. The van der Waals surface area contributed by atoms with Crippen LogP contribution in [-0.2, 0) is 4.79 Å². The van der Waals surface area contributed by atoms with Crippen LogP contribution in [0.3, 0.4) is 0 Å². The van der Waals surface area contributed by atoms with Gasteiger partial charge in [-0.05, 0) is 42.7 Å². The van der Waals surface area contributed by atoms with Gasteiger partial charge in [0.1, 0.15) is 11.8 Å². The molecule has 0 radical (unpaired) electrons. The highest BCUT2D eigenvalue weighted by atomic mass is 16.7. The van der Waals surface area contributed by atoms with Crippen LogP contribution in [0.15, 0.2) is 47.6 Å². The molecule has 1 aliphatic heterocycles. The molecular weight excluding hydrogens is 398 g/mol. The second-order valence-corrected chi connectivity index (χ2v) is 7.38. The zero-order valence-corrected chi connectivity index (χ0v) is 17.9. The highest BCUT2D eigenvalue weighted by Gasteiger charge is 2.25. The van der Waals surface area contributed by atoms with Crippen molar-refractivity contribution >= 4 is 18.0 Å². The van der Waals surface area contributed by atoms with Crippen LogP contribution in [0.2, 0.25) is 0 Å². The Kier molecular flexibility index (Phi) is 7.48. The second-order valence-electron chi connectivity index (χ2n) is 7.38. The standard InChI is InChI=1S/C23H27N3O5/c1-4-11-29-18-8-6-5-7-17(18)13-24-26-23(28)21(15(2)3)25-22(27)16-9-10-19-20(12-16)31-14-30-19/h5-10,12-13,15,21H,4,11,14H2,1-3H3,(H,25,27)(H,26,28). The van der Waals surface area contributed by atoms with Crippen LogP contribution in [0.4, 0.5) is 0 Å². The van der Waals surface area contributed by atoms with E-state index in [1.807, 2.05) is 45.0 Å². The number of hydrazone groups is 1. The highest BCUT2D eigenvalue weighted by molar-refractivity contribution is 5.98. The molecule has 2 amide bonds. The van der Waals surface area contributed by atoms with Crippen molar-refractivity contribution in [1.82, 2.24) is 10.7 Å². The van der Waals surface area contributed by atoms with Crippen LogP contribution in [0, 0.1) is 5.92 Å². The first-order valence-corrected chi connectivity index (χ1v) is 10.2. The Morgan fingerprint density at radius 1 is 1.16 bits per heavy atom. The van der Waals surface area contributed by atoms with E-state index in [0.29, 0.717) is 29.4 Å². The number of fused-ring (bicyclic) bond motifs is 1. The average Bonchev–Trinajstić information content (AvgIpc) is 3.24. The molecule has 0 bridgehead atoms. The van der Waals surface area contributed by atoms with E-state index in [2.05, 4.69) is 15.8 Å². The molecule has 1 aliphatic rings. The predicted molar refractivity (Wildman–Crippen MR) is 117 cm³/mol. The van der Waals surface area contributed by atoms with Crippen molar-refractivity contribution in [2.24, 2.45) is 11.0 Å². The zero-order chi connectivity index (χ0) is 22.2. The van der Waals surface area contributed by atoms with Crippen LogP contribution in [-0.4, -0.2) is 37.5 Å². The third-order valence-electron chi connectivity index (χ3n) is 4.63. The topological polar surface area (TPSA) is 98.2 Å². The van der Waals surface area contributed by atoms with Crippen molar-refractivity contribution in [2.75, 3.05) is 13.4 Å². The Morgan fingerprint density at radius 3 is 2.71 bits per heavy atom.